The van der Waals surface area contributed by atoms with Crippen LogP contribution in [0, 0.1) is 11.6 Å². The lowest BCUT2D eigenvalue weighted by Gasteiger charge is -2.10. The number of nitrogens with two attached hydrogens (primary N) is 1. The molecule has 0 bridgehead atoms. The highest BCUT2D eigenvalue weighted by Crippen LogP contribution is 2.24. The number of hydrogen-bond donors (Lipinski definition) is 1. The van der Waals surface area contributed by atoms with Crippen LogP contribution in [-0.2, 0) is 0 Å². The molecule has 4 heteroatoms. The summed E-state index contributed by atoms with van der Waals surface area (Å²) in [4.78, 5) is 0. The van der Waals surface area contributed by atoms with E-state index in [2.05, 4.69) is 11.3 Å². The predicted octanol–water partition coefficient (Wildman–Crippen LogP) is 2.16. The van der Waals surface area contributed by atoms with Crippen LogP contribution in [0.25, 0.3) is 0 Å². The second-order valence-electron chi connectivity index (χ2n) is 2.77. The van der Waals surface area contributed by atoms with E-state index < -0.39 is 17.7 Å². The van der Waals surface area contributed by atoms with Gasteiger partial charge >= 0.3 is 0 Å². The van der Waals surface area contributed by atoms with Crippen molar-refractivity contribution in [2.75, 3.05) is 7.11 Å². The van der Waals surface area contributed by atoms with E-state index in [9.17, 15) is 8.78 Å². The lowest BCUT2D eigenvalue weighted by Crippen LogP contribution is -2.09. The fourth-order valence-electron chi connectivity index (χ4n) is 1.08. The molecular formula is C10H11F2NO. The average molecular weight is 199 g/mol. The minimum absolute atomic E-state index is 0.0679. The lowest BCUT2D eigenvalue weighted by molar-refractivity contribution is 0.381. The Kier molecular flexibility index (Phi) is 3.19. The maximum absolute atomic E-state index is 13.3. The molecule has 14 heavy (non-hydrogen) atoms. The first kappa shape index (κ1) is 10.7. The third-order valence-electron chi connectivity index (χ3n) is 1.88. The summed E-state index contributed by atoms with van der Waals surface area (Å²) in [5.74, 6) is -1.38. The van der Waals surface area contributed by atoms with Gasteiger partial charge in [-0.3, -0.25) is 0 Å². The molecule has 1 atom stereocenters. The zero-order valence-electron chi connectivity index (χ0n) is 7.76. The van der Waals surface area contributed by atoms with Gasteiger partial charge in [0.2, 0.25) is 0 Å². The third-order valence-corrected chi connectivity index (χ3v) is 1.88. The van der Waals surface area contributed by atoms with Gasteiger partial charge in [0.25, 0.3) is 0 Å². The number of hydrogen-bond acceptors (Lipinski definition) is 2. The maximum atomic E-state index is 13.3. The molecule has 76 valence electrons. The number of methoxy groups -OCH3 is 1. The van der Waals surface area contributed by atoms with Gasteiger partial charge < -0.3 is 10.5 Å². The smallest absolute Gasteiger partial charge is 0.165 e. The zero-order chi connectivity index (χ0) is 10.7. The number of halogens is 2. The molecule has 0 unspecified atom stereocenters. The number of rotatable bonds is 3. The van der Waals surface area contributed by atoms with Crippen molar-refractivity contribution in [3.05, 3.63) is 42.0 Å². The van der Waals surface area contributed by atoms with Gasteiger partial charge in [-0.05, 0) is 6.07 Å². The fourth-order valence-corrected chi connectivity index (χ4v) is 1.08. The Morgan fingerprint density at radius 3 is 2.57 bits per heavy atom. The topological polar surface area (TPSA) is 35.2 Å². The van der Waals surface area contributed by atoms with Crippen LogP contribution in [0.15, 0.2) is 24.8 Å². The molecule has 1 aromatic rings. The van der Waals surface area contributed by atoms with Crippen LogP contribution < -0.4 is 10.5 Å². The molecule has 0 saturated carbocycles. The van der Waals surface area contributed by atoms with Crippen LogP contribution in [0.3, 0.4) is 0 Å². The molecule has 2 nitrogen and oxygen atoms in total. The summed E-state index contributed by atoms with van der Waals surface area (Å²) in [6, 6.07) is 1.27. The average Bonchev–Trinajstić information content (AvgIpc) is 2.19. The summed E-state index contributed by atoms with van der Waals surface area (Å²) in [6.45, 7) is 3.40. The first-order chi connectivity index (χ1) is 6.60. The van der Waals surface area contributed by atoms with Crippen molar-refractivity contribution in [1.29, 1.82) is 0 Å². The SMILES string of the molecule is C=C[C@H](N)c1cc(F)c(OC)cc1F. The summed E-state index contributed by atoms with van der Waals surface area (Å²) >= 11 is 0. The highest BCUT2D eigenvalue weighted by atomic mass is 19.1. The monoisotopic (exact) mass is 199 g/mol. The van der Waals surface area contributed by atoms with E-state index in [0.29, 0.717) is 0 Å². The Hall–Kier alpha value is -1.42. The van der Waals surface area contributed by atoms with Crippen LogP contribution >= 0.6 is 0 Å². The molecule has 0 heterocycles. The van der Waals surface area contributed by atoms with Gasteiger partial charge in [-0.25, -0.2) is 8.78 Å². The predicted molar refractivity (Wildman–Crippen MR) is 50.0 cm³/mol. The number of benzene rings is 1. The molecule has 0 spiro atoms. The molecule has 1 rings (SSSR count). The minimum atomic E-state index is -0.713. The van der Waals surface area contributed by atoms with Crippen LogP contribution in [0.1, 0.15) is 11.6 Å². The fraction of sp³-hybridized carbons (Fsp3) is 0.200. The molecule has 1 aromatic carbocycles. The van der Waals surface area contributed by atoms with Gasteiger partial charge in [-0.1, -0.05) is 6.08 Å². The molecule has 0 saturated heterocycles. The molecule has 0 aliphatic heterocycles. The van der Waals surface area contributed by atoms with Crippen LogP contribution in [-0.4, -0.2) is 7.11 Å². The van der Waals surface area contributed by atoms with Crippen LogP contribution in [0.5, 0.6) is 5.75 Å². The Balaban J connectivity index is 3.21. The van der Waals surface area contributed by atoms with Crippen molar-refractivity contribution in [2.45, 2.75) is 6.04 Å². The van der Waals surface area contributed by atoms with Crippen LogP contribution in [0.4, 0.5) is 8.78 Å². The van der Waals surface area contributed by atoms with Gasteiger partial charge in [-0.2, -0.15) is 0 Å². The Labute approximate surface area is 81.0 Å². The normalized spacial score (nSPS) is 12.3. The van der Waals surface area contributed by atoms with E-state index >= 15 is 0 Å². The Bertz CT molecular complexity index is 352. The lowest BCUT2D eigenvalue weighted by atomic mass is 10.1. The van der Waals surface area contributed by atoms with Crippen molar-refractivity contribution in [2.24, 2.45) is 5.73 Å². The first-order valence-electron chi connectivity index (χ1n) is 4.01. The van der Waals surface area contributed by atoms with E-state index in [0.717, 1.165) is 12.1 Å². The zero-order valence-corrected chi connectivity index (χ0v) is 7.76. The molecule has 0 amide bonds. The van der Waals surface area contributed by atoms with E-state index in [-0.39, 0.29) is 11.3 Å². The first-order valence-corrected chi connectivity index (χ1v) is 4.01. The van der Waals surface area contributed by atoms with E-state index in [1.165, 1.54) is 13.2 Å². The third kappa shape index (κ3) is 1.90. The summed E-state index contributed by atoms with van der Waals surface area (Å²) in [6.07, 6.45) is 1.34. The van der Waals surface area contributed by atoms with Gasteiger partial charge in [0, 0.05) is 11.6 Å². The number of ether oxygens (including phenoxy) is 1. The van der Waals surface area contributed by atoms with Gasteiger partial charge in [0.1, 0.15) is 5.82 Å². The van der Waals surface area contributed by atoms with Crippen molar-refractivity contribution in [1.82, 2.24) is 0 Å². The summed E-state index contributed by atoms with van der Waals surface area (Å²) in [5, 5.41) is 0. The molecule has 0 fully saturated rings. The molecule has 2 N–H and O–H groups in total. The standard InChI is InChI=1S/C10H11F2NO/c1-3-9(13)6-4-8(12)10(14-2)5-7(6)11/h3-5,9H,1,13H2,2H3/t9-/m0/s1. The second-order valence-corrected chi connectivity index (χ2v) is 2.77. The molecule has 0 aromatic heterocycles. The van der Waals surface area contributed by atoms with Crippen molar-refractivity contribution in [3.63, 3.8) is 0 Å². The maximum Gasteiger partial charge on any atom is 0.165 e. The molecular weight excluding hydrogens is 188 g/mol. The molecule has 0 aliphatic carbocycles. The quantitative estimate of drug-likeness (QED) is 0.757. The van der Waals surface area contributed by atoms with E-state index in [4.69, 9.17) is 5.73 Å². The summed E-state index contributed by atoms with van der Waals surface area (Å²) < 4.78 is 31.0. The van der Waals surface area contributed by atoms with Gasteiger partial charge in [0.15, 0.2) is 11.6 Å². The summed E-state index contributed by atoms with van der Waals surface area (Å²) in [7, 11) is 1.27. The Morgan fingerprint density at radius 2 is 2.07 bits per heavy atom. The minimum Gasteiger partial charge on any atom is -0.494 e. The molecule has 0 aliphatic rings. The van der Waals surface area contributed by atoms with Crippen molar-refractivity contribution >= 4 is 0 Å². The van der Waals surface area contributed by atoms with Crippen molar-refractivity contribution < 1.29 is 13.5 Å². The van der Waals surface area contributed by atoms with E-state index in [1.807, 2.05) is 0 Å². The highest BCUT2D eigenvalue weighted by Gasteiger charge is 2.13. The van der Waals surface area contributed by atoms with Crippen LogP contribution in [0.2, 0.25) is 0 Å². The summed E-state index contributed by atoms with van der Waals surface area (Å²) in [5.41, 5.74) is 5.56. The highest BCUT2D eigenvalue weighted by molar-refractivity contribution is 5.33. The molecule has 0 radical (unpaired) electrons. The largest absolute Gasteiger partial charge is 0.494 e. The second kappa shape index (κ2) is 4.19. The van der Waals surface area contributed by atoms with Crippen molar-refractivity contribution in [3.8, 4) is 5.75 Å². The van der Waals surface area contributed by atoms with Gasteiger partial charge in [-0.15, -0.1) is 6.58 Å². The van der Waals surface area contributed by atoms with E-state index in [1.54, 1.807) is 0 Å². The van der Waals surface area contributed by atoms with Gasteiger partial charge in [0.05, 0.1) is 13.2 Å². The Morgan fingerprint density at radius 1 is 1.43 bits per heavy atom.